The number of nitrogens with one attached hydrogen (secondary N) is 2. The normalized spacial score (nSPS) is 17.9. The second-order valence-corrected chi connectivity index (χ2v) is 5.65. The maximum Gasteiger partial charge on any atom is 0.320 e. The van der Waals surface area contributed by atoms with Crippen LogP contribution >= 0.6 is 0 Å². The van der Waals surface area contributed by atoms with Crippen LogP contribution in [-0.4, -0.2) is 55.0 Å². The number of benzene rings is 1. The highest BCUT2D eigenvalue weighted by Crippen LogP contribution is 2.15. The van der Waals surface area contributed by atoms with Crippen LogP contribution in [-0.2, 0) is 19.1 Å². The lowest BCUT2D eigenvalue weighted by Crippen LogP contribution is -2.57. The van der Waals surface area contributed by atoms with Crippen LogP contribution in [0.1, 0.15) is 18.9 Å². The van der Waals surface area contributed by atoms with E-state index in [9.17, 15) is 14.4 Å². The number of nitrogens with zero attached hydrogens (tertiary/aromatic N) is 1. The minimum atomic E-state index is -0.674. The average Bonchev–Trinajstić information content (AvgIpc) is 2.53. The highest BCUT2D eigenvalue weighted by Gasteiger charge is 2.33. The number of carbonyl (C=O) groups is 3. The number of piperazine rings is 1. The number of carbonyl (C=O) groups excluding carboxylic acids is 3. The molecule has 1 aliphatic rings. The molecular weight excluding hydrogens is 310 g/mol. The SMILES string of the molecule is CCOC(=O)CN1CCNC(=O)[C@H]1CC(=O)Nc1ccccc1C. The Balaban J connectivity index is 2.00. The number of amides is 2. The molecule has 0 unspecified atom stereocenters. The van der Waals surface area contributed by atoms with E-state index in [0.717, 1.165) is 11.3 Å². The van der Waals surface area contributed by atoms with Crippen LogP contribution in [0.25, 0.3) is 0 Å². The van der Waals surface area contributed by atoms with Gasteiger partial charge in [0.25, 0.3) is 0 Å². The molecule has 0 bridgehead atoms. The number of para-hydroxylation sites is 1. The van der Waals surface area contributed by atoms with Gasteiger partial charge in [-0.05, 0) is 25.5 Å². The maximum absolute atomic E-state index is 12.3. The van der Waals surface area contributed by atoms with Crippen molar-refractivity contribution in [2.45, 2.75) is 26.3 Å². The van der Waals surface area contributed by atoms with Crippen molar-refractivity contribution < 1.29 is 19.1 Å². The Morgan fingerprint density at radius 3 is 2.83 bits per heavy atom. The summed E-state index contributed by atoms with van der Waals surface area (Å²) in [5, 5.41) is 5.55. The summed E-state index contributed by atoms with van der Waals surface area (Å²) in [4.78, 5) is 37.8. The van der Waals surface area contributed by atoms with Gasteiger partial charge in [-0.2, -0.15) is 0 Å². The molecule has 0 radical (unpaired) electrons. The minimum absolute atomic E-state index is 0.00354. The van der Waals surface area contributed by atoms with Crippen molar-refractivity contribution in [3.63, 3.8) is 0 Å². The predicted octanol–water partition coefficient (Wildman–Crippen LogP) is 0.687. The van der Waals surface area contributed by atoms with Gasteiger partial charge in [0.15, 0.2) is 0 Å². The molecule has 0 spiro atoms. The molecule has 7 heteroatoms. The average molecular weight is 333 g/mol. The van der Waals surface area contributed by atoms with Gasteiger partial charge in [0.1, 0.15) is 0 Å². The Bertz CT molecular complexity index is 618. The van der Waals surface area contributed by atoms with Crippen LogP contribution in [0.4, 0.5) is 5.69 Å². The molecule has 7 nitrogen and oxygen atoms in total. The summed E-state index contributed by atoms with van der Waals surface area (Å²) in [6, 6.07) is 6.76. The number of rotatable bonds is 6. The fourth-order valence-corrected chi connectivity index (χ4v) is 2.64. The van der Waals surface area contributed by atoms with Gasteiger partial charge in [-0.15, -0.1) is 0 Å². The van der Waals surface area contributed by atoms with E-state index in [-0.39, 0.29) is 31.4 Å². The molecule has 1 heterocycles. The Morgan fingerprint density at radius 1 is 1.38 bits per heavy atom. The van der Waals surface area contributed by atoms with E-state index in [4.69, 9.17) is 4.74 Å². The summed E-state index contributed by atoms with van der Waals surface area (Å²) < 4.78 is 4.93. The molecule has 130 valence electrons. The van der Waals surface area contributed by atoms with E-state index >= 15 is 0 Å². The smallest absolute Gasteiger partial charge is 0.320 e. The van der Waals surface area contributed by atoms with Gasteiger partial charge in [0, 0.05) is 18.8 Å². The van der Waals surface area contributed by atoms with E-state index in [2.05, 4.69) is 10.6 Å². The number of esters is 1. The first kappa shape index (κ1) is 17.9. The summed E-state index contributed by atoms with van der Waals surface area (Å²) in [6.07, 6.45) is -0.0143. The zero-order chi connectivity index (χ0) is 17.5. The van der Waals surface area contributed by atoms with Crippen molar-refractivity contribution in [3.8, 4) is 0 Å². The van der Waals surface area contributed by atoms with Gasteiger partial charge in [-0.25, -0.2) is 0 Å². The quantitative estimate of drug-likeness (QED) is 0.748. The Morgan fingerprint density at radius 2 is 2.12 bits per heavy atom. The van der Waals surface area contributed by atoms with Crippen molar-refractivity contribution in [1.82, 2.24) is 10.2 Å². The largest absolute Gasteiger partial charge is 0.465 e. The van der Waals surface area contributed by atoms with Gasteiger partial charge in [0.05, 0.1) is 25.6 Å². The van der Waals surface area contributed by atoms with Gasteiger partial charge in [-0.1, -0.05) is 18.2 Å². The first-order chi connectivity index (χ1) is 11.5. The van der Waals surface area contributed by atoms with Crippen LogP contribution in [0, 0.1) is 6.92 Å². The number of aryl methyl sites for hydroxylation is 1. The first-order valence-electron chi connectivity index (χ1n) is 8.04. The Hall–Kier alpha value is -2.41. The van der Waals surface area contributed by atoms with E-state index in [1.165, 1.54) is 0 Å². The van der Waals surface area contributed by atoms with Crippen molar-refractivity contribution >= 4 is 23.5 Å². The van der Waals surface area contributed by atoms with E-state index < -0.39 is 12.0 Å². The Kier molecular flexibility index (Phi) is 6.31. The third-order valence-electron chi connectivity index (χ3n) is 3.88. The van der Waals surface area contributed by atoms with Crippen molar-refractivity contribution in [3.05, 3.63) is 29.8 Å². The van der Waals surface area contributed by atoms with Crippen molar-refractivity contribution in [2.24, 2.45) is 0 Å². The zero-order valence-electron chi connectivity index (χ0n) is 14.0. The first-order valence-corrected chi connectivity index (χ1v) is 8.04. The van der Waals surface area contributed by atoms with E-state index in [1.54, 1.807) is 11.8 Å². The molecule has 1 saturated heterocycles. The number of ether oxygens (including phenoxy) is 1. The molecule has 1 aromatic rings. The highest BCUT2D eigenvalue weighted by atomic mass is 16.5. The van der Waals surface area contributed by atoms with Gasteiger partial charge < -0.3 is 15.4 Å². The van der Waals surface area contributed by atoms with Gasteiger partial charge in [-0.3, -0.25) is 19.3 Å². The number of anilines is 1. The molecule has 2 rings (SSSR count). The molecule has 1 aromatic carbocycles. The zero-order valence-corrected chi connectivity index (χ0v) is 14.0. The molecule has 24 heavy (non-hydrogen) atoms. The molecule has 0 aromatic heterocycles. The topological polar surface area (TPSA) is 87.7 Å². The second kappa shape index (κ2) is 8.44. The summed E-state index contributed by atoms with van der Waals surface area (Å²) >= 11 is 0. The van der Waals surface area contributed by atoms with Crippen molar-refractivity contribution in [1.29, 1.82) is 0 Å². The summed E-state index contributed by atoms with van der Waals surface area (Å²) in [7, 11) is 0. The number of hydrogen-bond donors (Lipinski definition) is 2. The summed E-state index contributed by atoms with van der Waals surface area (Å²) in [5.74, 6) is -0.901. The molecule has 1 aliphatic heterocycles. The summed E-state index contributed by atoms with van der Waals surface area (Å²) in [6.45, 7) is 4.88. The van der Waals surface area contributed by atoms with Crippen LogP contribution in [0.3, 0.4) is 0 Å². The molecule has 1 fully saturated rings. The fourth-order valence-electron chi connectivity index (χ4n) is 2.64. The standard InChI is InChI=1S/C17H23N3O4/c1-3-24-16(22)11-20-9-8-18-17(23)14(20)10-15(21)19-13-7-5-4-6-12(13)2/h4-7,14H,3,8-11H2,1-2H3,(H,18,23)(H,19,21)/t14-/m1/s1. The fraction of sp³-hybridized carbons (Fsp3) is 0.471. The van der Waals surface area contributed by atoms with Crippen LogP contribution in [0.5, 0.6) is 0 Å². The van der Waals surface area contributed by atoms with Crippen LogP contribution in [0.2, 0.25) is 0 Å². The summed E-state index contributed by atoms with van der Waals surface area (Å²) in [5.41, 5.74) is 1.66. The van der Waals surface area contributed by atoms with E-state index in [1.807, 2.05) is 31.2 Å². The van der Waals surface area contributed by atoms with E-state index in [0.29, 0.717) is 13.1 Å². The molecular formula is C17H23N3O4. The molecule has 0 saturated carbocycles. The highest BCUT2D eigenvalue weighted by molar-refractivity contribution is 5.96. The predicted molar refractivity (Wildman–Crippen MR) is 89.4 cm³/mol. The molecule has 0 aliphatic carbocycles. The molecule has 1 atom stereocenters. The van der Waals surface area contributed by atoms with Crippen molar-refractivity contribution in [2.75, 3.05) is 31.6 Å². The second-order valence-electron chi connectivity index (χ2n) is 5.65. The van der Waals surface area contributed by atoms with Gasteiger partial charge >= 0.3 is 5.97 Å². The van der Waals surface area contributed by atoms with Crippen LogP contribution in [0.15, 0.2) is 24.3 Å². The maximum atomic E-state index is 12.3. The lowest BCUT2D eigenvalue weighted by Gasteiger charge is -2.33. The lowest BCUT2D eigenvalue weighted by molar-refractivity contribution is -0.147. The molecule has 2 N–H and O–H groups in total. The molecule has 2 amide bonds. The lowest BCUT2D eigenvalue weighted by atomic mass is 10.1. The van der Waals surface area contributed by atoms with Gasteiger partial charge in [0.2, 0.25) is 11.8 Å². The number of hydrogen-bond acceptors (Lipinski definition) is 5. The monoisotopic (exact) mass is 333 g/mol. The third-order valence-corrected chi connectivity index (χ3v) is 3.88. The van der Waals surface area contributed by atoms with Crippen LogP contribution < -0.4 is 10.6 Å². The third kappa shape index (κ3) is 4.79. The Labute approximate surface area is 141 Å². The minimum Gasteiger partial charge on any atom is -0.465 e.